The molecule has 0 amide bonds. The highest BCUT2D eigenvalue weighted by Crippen LogP contribution is 2.37. The van der Waals surface area contributed by atoms with E-state index in [1.54, 1.807) is 24.3 Å². The highest BCUT2D eigenvalue weighted by molar-refractivity contribution is 6.42. The van der Waals surface area contributed by atoms with Crippen molar-refractivity contribution < 1.29 is 33.0 Å². The molecule has 0 fully saturated rings. The smallest absolute Gasteiger partial charge is 0.358 e. The van der Waals surface area contributed by atoms with E-state index in [0.29, 0.717) is 17.2 Å². The van der Waals surface area contributed by atoms with Crippen molar-refractivity contribution in [2.45, 2.75) is 6.61 Å². The van der Waals surface area contributed by atoms with Crippen LogP contribution in [0.25, 0.3) is 0 Å². The molecule has 1 N–H and O–H groups in total. The number of hydrogen-bond acceptors (Lipinski definition) is 5. The van der Waals surface area contributed by atoms with Crippen LogP contribution in [0, 0.1) is 0 Å². The molecule has 2 aromatic carbocycles. The zero-order valence-electron chi connectivity index (χ0n) is 15.0. The molecule has 0 saturated heterocycles. The van der Waals surface area contributed by atoms with Crippen molar-refractivity contribution in [2.24, 2.45) is 5.16 Å². The third kappa shape index (κ3) is 6.33. The monoisotopic (exact) mass is 445 g/mol. The molecule has 154 valence electrons. The first-order valence-corrected chi connectivity index (χ1v) is 8.77. The van der Waals surface area contributed by atoms with Gasteiger partial charge in [0.1, 0.15) is 26.1 Å². The molecule has 2 aromatic rings. The minimum Gasteiger partial charge on any atom is -0.489 e. The number of carboxylic acids is 1. The molecular formula is C19H15Cl2F2NO5. The van der Waals surface area contributed by atoms with Crippen molar-refractivity contribution in [1.29, 1.82) is 0 Å². The molecule has 0 bridgehead atoms. The second-order valence-electron chi connectivity index (χ2n) is 5.39. The lowest BCUT2D eigenvalue weighted by atomic mass is 10.0. The minimum absolute atomic E-state index is 0.0190. The molecule has 29 heavy (non-hydrogen) atoms. The van der Waals surface area contributed by atoms with Gasteiger partial charge in [0.15, 0.2) is 11.5 Å². The Morgan fingerprint density at radius 2 is 1.83 bits per heavy atom. The fourth-order valence-corrected chi connectivity index (χ4v) is 2.85. The summed E-state index contributed by atoms with van der Waals surface area (Å²) in [6.07, 6.45) is -1.30. The molecular weight excluding hydrogens is 431 g/mol. The summed E-state index contributed by atoms with van der Waals surface area (Å²) < 4.78 is 35.0. The third-order valence-corrected chi connectivity index (χ3v) is 4.05. The molecule has 0 atom stereocenters. The third-order valence-electron chi connectivity index (χ3n) is 3.49. The van der Waals surface area contributed by atoms with Crippen LogP contribution in [-0.4, -0.2) is 30.5 Å². The van der Waals surface area contributed by atoms with Crippen molar-refractivity contribution in [2.75, 3.05) is 13.7 Å². The summed E-state index contributed by atoms with van der Waals surface area (Å²) >= 11 is 12.2. The molecule has 0 aliphatic carbocycles. The number of rotatable bonds is 9. The first-order valence-electron chi connectivity index (χ1n) is 8.02. The van der Waals surface area contributed by atoms with Crippen molar-refractivity contribution in [1.82, 2.24) is 0 Å². The molecule has 6 nitrogen and oxygen atoms in total. The van der Waals surface area contributed by atoms with Gasteiger partial charge < -0.3 is 19.4 Å². The normalized spacial score (nSPS) is 11.0. The van der Waals surface area contributed by atoms with Gasteiger partial charge in [-0.25, -0.2) is 4.79 Å². The van der Waals surface area contributed by atoms with Crippen LogP contribution in [0.2, 0.25) is 10.0 Å². The Morgan fingerprint density at radius 3 is 2.41 bits per heavy atom. The zero-order valence-corrected chi connectivity index (χ0v) is 16.5. The minimum atomic E-state index is -1.88. The quantitative estimate of drug-likeness (QED) is 0.425. The van der Waals surface area contributed by atoms with Crippen LogP contribution in [0.4, 0.5) is 8.78 Å². The van der Waals surface area contributed by atoms with E-state index in [4.69, 9.17) is 32.7 Å². The molecule has 0 aliphatic heterocycles. The van der Waals surface area contributed by atoms with E-state index in [2.05, 4.69) is 9.99 Å². The Kier molecular flexibility index (Phi) is 8.23. The van der Waals surface area contributed by atoms with Gasteiger partial charge in [0.25, 0.3) is 6.08 Å². The fraction of sp³-hybridized carbons (Fsp3) is 0.158. The maximum Gasteiger partial charge on any atom is 0.358 e. The fourth-order valence-electron chi connectivity index (χ4n) is 2.28. The van der Waals surface area contributed by atoms with Gasteiger partial charge in [-0.05, 0) is 5.56 Å². The van der Waals surface area contributed by atoms with Crippen LogP contribution in [0.15, 0.2) is 53.7 Å². The Balaban J connectivity index is 2.20. The molecule has 0 spiro atoms. The molecule has 0 saturated carbocycles. The average Bonchev–Trinajstić information content (AvgIpc) is 2.66. The Morgan fingerprint density at radius 1 is 1.17 bits per heavy atom. The maximum atomic E-state index is 12.1. The largest absolute Gasteiger partial charge is 0.489 e. The van der Waals surface area contributed by atoms with Gasteiger partial charge in [0, 0.05) is 23.8 Å². The van der Waals surface area contributed by atoms with E-state index < -0.39 is 18.7 Å². The summed E-state index contributed by atoms with van der Waals surface area (Å²) in [6.45, 7) is -0.416. The number of ether oxygens (including phenoxy) is 2. The van der Waals surface area contributed by atoms with E-state index in [9.17, 15) is 18.7 Å². The molecule has 0 radical (unpaired) electrons. The number of hydrogen-bond donors (Lipinski definition) is 1. The van der Waals surface area contributed by atoms with E-state index in [0.717, 1.165) is 0 Å². The van der Waals surface area contributed by atoms with E-state index in [1.165, 1.54) is 19.2 Å². The lowest BCUT2D eigenvalue weighted by Gasteiger charge is -2.13. The van der Waals surface area contributed by atoms with E-state index >= 15 is 0 Å². The first kappa shape index (κ1) is 22.4. The lowest BCUT2D eigenvalue weighted by molar-refractivity contribution is -0.129. The first-order chi connectivity index (χ1) is 13.8. The van der Waals surface area contributed by atoms with Crippen LogP contribution >= 0.6 is 23.2 Å². The van der Waals surface area contributed by atoms with Crippen molar-refractivity contribution in [3.8, 4) is 11.5 Å². The number of carbonyl (C=O) groups is 1. The Labute approximate surface area is 174 Å². The van der Waals surface area contributed by atoms with Gasteiger partial charge in [-0.3, -0.25) is 0 Å². The van der Waals surface area contributed by atoms with Gasteiger partial charge in [-0.15, -0.1) is 0 Å². The van der Waals surface area contributed by atoms with Crippen LogP contribution in [0.5, 0.6) is 11.5 Å². The van der Waals surface area contributed by atoms with Crippen LogP contribution in [0.3, 0.4) is 0 Å². The van der Waals surface area contributed by atoms with Crippen LogP contribution in [0.1, 0.15) is 11.1 Å². The predicted octanol–water partition coefficient (Wildman–Crippen LogP) is 5.17. The number of halogens is 4. The highest BCUT2D eigenvalue weighted by Gasteiger charge is 2.18. The van der Waals surface area contributed by atoms with E-state index in [1.807, 2.05) is 0 Å². The van der Waals surface area contributed by atoms with Gasteiger partial charge in [0.2, 0.25) is 0 Å². The SMILES string of the molecule is CON=C(C(=O)O)c1ccccc1COc1cc(Cl)c(OCC=C(F)F)c(Cl)c1. The average molecular weight is 446 g/mol. The maximum absolute atomic E-state index is 12.1. The van der Waals surface area contributed by atoms with E-state index in [-0.39, 0.29) is 33.9 Å². The van der Waals surface area contributed by atoms with Crippen molar-refractivity contribution in [3.05, 3.63) is 69.7 Å². The summed E-state index contributed by atoms with van der Waals surface area (Å²) in [5, 5.41) is 13.0. The zero-order chi connectivity index (χ0) is 21.4. The second kappa shape index (κ2) is 10.6. The number of oxime groups is 1. The standard InChI is InChI=1S/C19H15Cl2F2NO5/c1-27-24-17(19(25)26)13-5-3-2-4-11(13)10-29-12-8-14(20)18(15(21)9-12)28-7-6-16(22)23/h2-6,8-9H,7,10H2,1H3,(H,25,26). The summed E-state index contributed by atoms with van der Waals surface area (Å²) in [4.78, 5) is 16.0. The number of nitrogens with zero attached hydrogens (tertiary/aromatic N) is 1. The molecule has 0 aliphatic rings. The summed E-state index contributed by atoms with van der Waals surface area (Å²) in [6, 6.07) is 9.41. The topological polar surface area (TPSA) is 77.4 Å². The summed E-state index contributed by atoms with van der Waals surface area (Å²) in [7, 11) is 1.24. The predicted molar refractivity (Wildman–Crippen MR) is 104 cm³/mol. The molecule has 10 heteroatoms. The highest BCUT2D eigenvalue weighted by atomic mass is 35.5. The molecule has 0 heterocycles. The van der Waals surface area contributed by atoms with Crippen molar-refractivity contribution >= 4 is 34.9 Å². The second-order valence-corrected chi connectivity index (χ2v) is 6.21. The summed E-state index contributed by atoms with van der Waals surface area (Å²) in [5.41, 5.74) is 0.570. The number of aliphatic carboxylic acids is 1. The van der Waals surface area contributed by atoms with Gasteiger partial charge in [-0.2, -0.15) is 8.78 Å². The van der Waals surface area contributed by atoms with Crippen LogP contribution < -0.4 is 9.47 Å². The van der Waals surface area contributed by atoms with Gasteiger partial charge >= 0.3 is 5.97 Å². The Bertz CT molecular complexity index is 923. The number of carboxylic acid groups (broad SMARTS) is 1. The summed E-state index contributed by atoms with van der Waals surface area (Å²) in [5.74, 6) is -0.945. The van der Waals surface area contributed by atoms with Gasteiger partial charge in [0.05, 0.1) is 10.0 Å². The molecule has 0 unspecified atom stereocenters. The van der Waals surface area contributed by atoms with Crippen LogP contribution in [-0.2, 0) is 16.2 Å². The molecule has 0 aromatic heterocycles. The number of benzene rings is 2. The van der Waals surface area contributed by atoms with Gasteiger partial charge in [-0.1, -0.05) is 52.6 Å². The van der Waals surface area contributed by atoms with Crippen molar-refractivity contribution in [3.63, 3.8) is 0 Å². The Hall–Kier alpha value is -2.84. The molecule has 2 rings (SSSR count). The lowest BCUT2D eigenvalue weighted by Crippen LogP contribution is -2.17.